The molecule has 1 aromatic heterocycles. The first-order chi connectivity index (χ1) is 9.06. The number of rotatable bonds is 7. The van der Waals surface area contributed by atoms with Crippen LogP contribution in [-0.4, -0.2) is 22.3 Å². The maximum Gasteiger partial charge on any atom is 0.188 e. The number of halogens is 1. The van der Waals surface area contributed by atoms with Crippen LogP contribution >= 0.6 is 24.0 Å². The summed E-state index contributed by atoms with van der Waals surface area (Å²) in [4.78, 5) is 4.38. The van der Waals surface area contributed by atoms with Crippen molar-refractivity contribution in [3.8, 4) is 0 Å². The molecule has 0 aliphatic rings. The molecule has 0 fully saturated rings. The molecule has 0 amide bonds. The molecule has 20 heavy (non-hydrogen) atoms. The molecule has 0 aliphatic heterocycles. The highest BCUT2D eigenvalue weighted by Gasteiger charge is 2.08. The molecule has 6 heteroatoms. The van der Waals surface area contributed by atoms with Gasteiger partial charge in [0, 0.05) is 24.8 Å². The summed E-state index contributed by atoms with van der Waals surface area (Å²) in [5.74, 6) is 0.527. The number of aliphatic imine (C=N–C) groups is 1. The molecule has 0 radical (unpaired) electrons. The van der Waals surface area contributed by atoms with Crippen molar-refractivity contribution in [2.45, 2.75) is 53.0 Å². The Morgan fingerprint density at radius 3 is 2.55 bits per heavy atom. The van der Waals surface area contributed by atoms with Crippen LogP contribution in [0.2, 0.25) is 0 Å². The number of hydrogen-bond donors (Lipinski definition) is 2. The number of unbranched alkanes of at least 4 members (excludes halogenated alkanes) is 3. The average Bonchev–Trinajstić information content (AvgIpc) is 2.61. The van der Waals surface area contributed by atoms with Gasteiger partial charge in [-0.3, -0.25) is 4.68 Å². The third kappa shape index (κ3) is 6.11. The Bertz CT molecular complexity index is 425. The van der Waals surface area contributed by atoms with E-state index >= 15 is 0 Å². The summed E-state index contributed by atoms with van der Waals surface area (Å²) in [6.07, 6.45) is 4.93. The first-order valence-corrected chi connectivity index (χ1v) is 7.09. The van der Waals surface area contributed by atoms with Gasteiger partial charge in [-0.1, -0.05) is 26.2 Å². The van der Waals surface area contributed by atoms with Gasteiger partial charge >= 0.3 is 0 Å². The minimum Gasteiger partial charge on any atom is -0.370 e. The van der Waals surface area contributed by atoms with Gasteiger partial charge in [0.05, 0.1) is 12.2 Å². The minimum atomic E-state index is 0. The molecule has 0 aromatic carbocycles. The van der Waals surface area contributed by atoms with E-state index in [1.54, 1.807) is 0 Å². The molecule has 1 heterocycles. The molecule has 1 rings (SSSR count). The van der Waals surface area contributed by atoms with Crippen LogP contribution in [0.3, 0.4) is 0 Å². The van der Waals surface area contributed by atoms with Gasteiger partial charge < -0.3 is 11.1 Å². The molecule has 116 valence electrons. The van der Waals surface area contributed by atoms with Gasteiger partial charge in [0.25, 0.3) is 0 Å². The molecule has 0 saturated carbocycles. The van der Waals surface area contributed by atoms with Gasteiger partial charge in [0.2, 0.25) is 0 Å². The van der Waals surface area contributed by atoms with E-state index < -0.39 is 0 Å². The van der Waals surface area contributed by atoms with E-state index in [1.807, 2.05) is 18.7 Å². The number of guanidine groups is 1. The fraction of sp³-hybridized carbons (Fsp3) is 0.714. The van der Waals surface area contributed by atoms with Crippen molar-refractivity contribution in [3.63, 3.8) is 0 Å². The van der Waals surface area contributed by atoms with Crippen LogP contribution in [0, 0.1) is 13.8 Å². The summed E-state index contributed by atoms with van der Waals surface area (Å²) in [6.45, 7) is 7.77. The second-order valence-electron chi connectivity index (χ2n) is 4.96. The number of aryl methyl sites for hydroxylation is 2. The number of hydrogen-bond acceptors (Lipinski definition) is 2. The van der Waals surface area contributed by atoms with Crippen molar-refractivity contribution in [1.82, 2.24) is 15.1 Å². The van der Waals surface area contributed by atoms with Crippen molar-refractivity contribution >= 4 is 29.9 Å². The van der Waals surface area contributed by atoms with E-state index in [-0.39, 0.29) is 24.0 Å². The molecule has 0 aliphatic carbocycles. The highest BCUT2D eigenvalue weighted by Crippen LogP contribution is 2.12. The monoisotopic (exact) mass is 393 g/mol. The Labute approximate surface area is 139 Å². The van der Waals surface area contributed by atoms with E-state index in [2.05, 4.69) is 29.3 Å². The normalized spacial score (nSPS) is 11.3. The van der Waals surface area contributed by atoms with Gasteiger partial charge in [0.1, 0.15) is 0 Å². The van der Waals surface area contributed by atoms with E-state index in [9.17, 15) is 0 Å². The van der Waals surface area contributed by atoms with Crippen LogP contribution in [0.15, 0.2) is 4.99 Å². The zero-order valence-corrected chi connectivity index (χ0v) is 15.4. The van der Waals surface area contributed by atoms with Crippen LogP contribution < -0.4 is 11.1 Å². The number of nitrogens with two attached hydrogens (primary N) is 1. The molecule has 0 atom stereocenters. The third-order valence-electron chi connectivity index (χ3n) is 3.40. The third-order valence-corrected chi connectivity index (χ3v) is 3.40. The summed E-state index contributed by atoms with van der Waals surface area (Å²) in [5.41, 5.74) is 9.20. The lowest BCUT2D eigenvalue weighted by molar-refractivity contribution is 0.652. The van der Waals surface area contributed by atoms with Gasteiger partial charge in [-0.2, -0.15) is 5.10 Å². The van der Waals surface area contributed by atoms with Gasteiger partial charge in [0.15, 0.2) is 5.96 Å². The largest absolute Gasteiger partial charge is 0.370 e. The lowest BCUT2D eigenvalue weighted by Crippen LogP contribution is -2.32. The van der Waals surface area contributed by atoms with Crippen molar-refractivity contribution in [2.75, 3.05) is 6.54 Å². The zero-order valence-electron chi connectivity index (χ0n) is 13.1. The fourth-order valence-corrected chi connectivity index (χ4v) is 2.03. The van der Waals surface area contributed by atoms with Gasteiger partial charge in [-0.25, -0.2) is 4.99 Å². The van der Waals surface area contributed by atoms with Crippen molar-refractivity contribution in [1.29, 1.82) is 0 Å². The highest BCUT2D eigenvalue weighted by molar-refractivity contribution is 14.0. The Morgan fingerprint density at radius 2 is 2.00 bits per heavy atom. The topological polar surface area (TPSA) is 68.2 Å². The fourth-order valence-electron chi connectivity index (χ4n) is 2.03. The van der Waals surface area contributed by atoms with Gasteiger partial charge in [-0.15, -0.1) is 24.0 Å². The second-order valence-corrected chi connectivity index (χ2v) is 4.96. The van der Waals surface area contributed by atoms with E-state index in [0.29, 0.717) is 12.5 Å². The smallest absolute Gasteiger partial charge is 0.188 e. The molecule has 0 spiro atoms. The maximum atomic E-state index is 5.85. The average molecular weight is 393 g/mol. The van der Waals surface area contributed by atoms with Crippen molar-refractivity contribution in [3.05, 3.63) is 17.0 Å². The standard InChI is InChI=1S/C14H27N5.HI/c1-5-6-7-8-9-16-14(15)17-10-13-11(2)18-19(4)12(13)3;/h5-10H2,1-4H3,(H3,15,16,17);1H. The molecule has 0 unspecified atom stereocenters. The lowest BCUT2D eigenvalue weighted by Gasteiger charge is -2.05. The summed E-state index contributed by atoms with van der Waals surface area (Å²) in [5, 5.41) is 7.53. The van der Waals surface area contributed by atoms with Gasteiger partial charge in [-0.05, 0) is 20.3 Å². The summed E-state index contributed by atoms with van der Waals surface area (Å²) in [7, 11) is 1.95. The Morgan fingerprint density at radius 1 is 1.30 bits per heavy atom. The quantitative estimate of drug-likeness (QED) is 0.324. The first kappa shape index (κ1) is 19.2. The van der Waals surface area contributed by atoms with E-state index in [4.69, 9.17) is 5.73 Å². The molecule has 0 saturated heterocycles. The SMILES string of the molecule is CCCCCCNC(N)=NCc1c(C)nn(C)c1C.I. The van der Waals surface area contributed by atoms with Crippen molar-refractivity contribution in [2.24, 2.45) is 17.8 Å². The Hall–Kier alpha value is -0.790. The Kier molecular flexibility index (Phi) is 9.62. The first-order valence-electron chi connectivity index (χ1n) is 7.09. The summed E-state index contributed by atoms with van der Waals surface area (Å²) >= 11 is 0. The molecule has 3 N–H and O–H groups in total. The molecule has 0 bridgehead atoms. The highest BCUT2D eigenvalue weighted by atomic mass is 127. The number of nitrogens with one attached hydrogen (secondary N) is 1. The summed E-state index contributed by atoms with van der Waals surface area (Å²) < 4.78 is 1.88. The predicted molar refractivity (Wildman–Crippen MR) is 95.6 cm³/mol. The molecule has 5 nitrogen and oxygen atoms in total. The van der Waals surface area contributed by atoms with Crippen LogP contribution in [0.4, 0.5) is 0 Å². The minimum absolute atomic E-state index is 0. The number of aromatic nitrogens is 2. The Balaban J connectivity index is 0.00000361. The van der Waals surface area contributed by atoms with E-state index in [0.717, 1.165) is 24.4 Å². The van der Waals surface area contributed by atoms with Crippen LogP contribution in [-0.2, 0) is 13.6 Å². The maximum absolute atomic E-state index is 5.85. The summed E-state index contributed by atoms with van der Waals surface area (Å²) in [6, 6.07) is 0. The van der Waals surface area contributed by atoms with E-state index in [1.165, 1.54) is 24.8 Å². The molecular formula is C14H28IN5. The molecule has 1 aromatic rings. The van der Waals surface area contributed by atoms with Crippen LogP contribution in [0.25, 0.3) is 0 Å². The van der Waals surface area contributed by atoms with Crippen LogP contribution in [0.5, 0.6) is 0 Å². The van der Waals surface area contributed by atoms with Crippen molar-refractivity contribution < 1.29 is 0 Å². The lowest BCUT2D eigenvalue weighted by atomic mass is 10.2. The van der Waals surface area contributed by atoms with Crippen LogP contribution in [0.1, 0.15) is 49.6 Å². The number of nitrogens with zero attached hydrogens (tertiary/aromatic N) is 3. The molecular weight excluding hydrogens is 365 g/mol. The second kappa shape index (κ2) is 10.0. The predicted octanol–water partition coefficient (Wildman–Crippen LogP) is 2.64. The zero-order chi connectivity index (χ0) is 14.3.